The lowest BCUT2D eigenvalue weighted by molar-refractivity contribution is -0.126. The van der Waals surface area contributed by atoms with Crippen molar-refractivity contribution < 1.29 is 17.6 Å². The Labute approximate surface area is 188 Å². The molecule has 0 saturated heterocycles. The largest absolute Gasteiger partial charge is 0.349 e. The molecule has 0 heterocycles. The molecule has 0 bridgehead atoms. The van der Waals surface area contributed by atoms with Crippen LogP contribution in [0.25, 0.3) is 10.8 Å². The number of benzene rings is 3. The van der Waals surface area contributed by atoms with Crippen molar-refractivity contribution in [3.8, 4) is 0 Å². The van der Waals surface area contributed by atoms with Gasteiger partial charge in [-0.15, -0.1) is 0 Å². The standard InChI is InChI=1S/C25H27FN2O3S/c1-17(18-6-11-22(26)12-7-18)27-25(29)20-8-13-23(14-9-20)28-32(30,31)24-15-10-19-4-2-3-5-21(19)16-24/h2-7,10-12,15-17,20,23,28H,8-9,13-14H2,1H3,(H,27,29)/t17-,20-,23-/m1/s1. The molecule has 3 aromatic carbocycles. The van der Waals surface area contributed by atoms with Crippen LogP contribution >= 0.6 is 0 Å². The van der Waals surface area contributed by atoms with Gasteiger partial charge in [0.2, 0.25) is 15.9 Å². The molecule has 168 valence electrons. The van der Waals surface area contributed by atoms with Crippen LogP contribution in [0.5, 0.6) is 0 Å². The quantitative estimate of drug-likeness (QED) is 0.567. The second-order valence-corrected chi connectivity index (χ2v) is 10.2. The molecule has 0 aliphatic heterocycles. The van der Waals surface area contributed by atoms with E-state index >= 15 is 0 Å². The smallest absolute Gasteiger partial charge is 0.240 e. The van der Waals surface area contributed by atoms with Gasteiger partial charge in [0, 0.05) is 12.0 Å². The van der Waals surface area contributed by atoms with Crippen molar-refractivity contribution in [3.63, 3.8) is 0 Å². The van der Waals surface area contributed by atoms with Crippen LogP contribution in [0.1, 0.15) is 44.2 Å². The molecule has 0 spiro atoms. The molecule has 0 radical (unpaired) electrons. The summed E-state index contributed by atoms with van der Waals surface area (Å²) in [5.74, 6) is -0.506. The summed E-state index contributed by atoms with van der Waals surface area (Å²) in [7, 11) is -3.63. The molecule has 1 aliphatic rings. The molecular formula is C25H27FN2O3S. The Morgan fingerprint density at radius 1 is 0.938 bits per heavy atom. The van der Waals surface area contributed by atoms with E-state index in [4.69, 9.17) is 0 Å². The van der Waals surface area contributed by atoms with Gasteiger partial charge >= 0.3 is 0 Å². The zero-order valence-corrected chi connectivity index (χ0v) is 18.7. The van der Waals surface area contributed by atoms with Crippen molar-refractivity contribution in [1.82, 2.24) is 10.0 Å². The maximum Gasteiger partial charge on any atom is 0.240 e. The van der Waals surface area contributed by atoms with E-state index in [0.29, 0.717) is 25.7 Å². The summed E-state index contributed by atoms with van der Waals surface area (Å²) >= 11 is 0. The highest BCUT2D eigenvalue weighted by molar-refractivity contribution is 7.89. The molecule has 0 aromatic heterocycles. The van der Waals surface area contributed by atoms with E-state index in [-0.39, 0.29) is 34.6 Å². The summed E-state index contributed by atoms with van der Waals surface area (Å²) in [5.41, 5.74) is 0.844. The first kappa shape index (κ1) is 22.4. The first-order valence-electron chi connectivity index (χ1n) is 10.9. The fraction of sp³-hybridized carbons (Fsp3) is 0.320. The molecular weight excluding hydrogens is 427 g/mol. The van der Waals surface area contributed by atoms with Crippen molar-refractivity contribution in [2.24, 2.45) is 5.92 Å². The second kappa shape index (κ2) is 9.38. The Hall–Kier alpha value is -2.77. The number of sulfonamides is 1. The average molecular weight is 455 g/mol. The zero-order valence-electron chi connectivity index (χ0n) is 17.9. The van der Waals surface area contributed by atoms with Crippen molar-refractivity contribution in [2.45, 2.75) is 49.6 Å². The predicted octanol–water partition coefficient (Wildman–Crippen LogP) is 4.69. The van der Waals surface area contributed by atoms with Crippen LogP contribution in [0.3, 0.4) is 0 Å². The zero-order chi connectivity index (χ0) is 22.7. The summed E-state index contributed by atoms with van der Waals surface area (Å²) in [5, 5.41) is 4.87. The molecule has 1 amide bonds. The maximum absolute atomic E-state index is 13.1. The number of rotatable bonds is 6. The number of amides is 1. The summed E-state index contributed by atoms with van der Waals surface area (Å²) in [4.78, 5) is 12.9. The van der Waals surface area contributed by atoms with Crippen molar-refractivity contribution in [2.75, 3.05) is 0 Å². The van der Waals surface area contributed by atoms with Gasteiger partial charge in [-0.1, -0.05) is 42.5 Å². The van der Waals surface area contributed by atoms with E-state index < -0.39 is 10.0 Å². The Bertz CT molecular complexity index is 1200. The molecule has 4 rings (SSSR count). The van der Waals surface area contributed by atoms with E-state index in [1.807, 2.05) is 37.3 Å². The van der Waals surface area contributed by atoms with E-state index in [1.54, 1.807) is 24.3 Å². The second-order valence-electron chi connectivity index (χ2n) is 8.46. The Morgan fingerprint density at radius 3 is 2.28 bits per heavy atom. The van der Waals surface area contributed by atoms with E-state index in [9.17, 15) is 17.6 Å². The molecule has 3 aromatic rings. The van der Waals surface area contributed by atoms with Crippen LogP contribution < -0.4 is 10.0 Å². The Balaban J connectivity index is 1.32. The Morgan fingerprint density at radius 2 is 1.59 bits per heavy atom. The third-order valence-corrected chi connectivity index (χ3v) is 7.70. The van der Waals surface area contributed by atoms with Crippen molar-refractivity contribution >= 4 is 26.7 Å². The number of carbonyl (C=O) groups excluding carboxylic acids is 1. The molecule has 2 N–H and O–H groups in total. The molecule has 32 heavy (non-hydrogen) atoms. The Kier molecular flexibility index (Phi) is 6.58. The fourth-order valence-corrected chi connectivity index (χ4v) is 5.60. The number of nitrogens with one attached hydrogen (secondary N) is 2. The highest BCUT2D eigenvalue weighted by atomic mass is 32.2. The minimum atomic E-state index is -3.63. The van der Waals surface area contributed by atoms with E-state index in [1.165, 1.54) is 12.1 Å². The predicted molar refractivity (Wildman–Crippen MR) is 123 cm³/mol. The van der Waals surface area contributed by atoms with Gasteiger partial charge < -0.3 is 5.32 Å². The number of halogens is 1. The molecule has 0 unspecified atom stereocenters. The normalized spacial score (nSPS) is 20.1. The van der Waals surface area contributed by atoms with Crippen molar-refractivity contribution in [1.29, 1.82) is 0 Å². The average Bonchev–Trinajstić information content (AvgIpc) is 2.79. The number of hydrogen-bond donors (Lipinski definition) is 2. The van der Waals surface area contributed by atoms with Crippen LogP contribution in [-0.4, -0.2) is 20.4 Å². The molecule has 1 atom stereocenters. The van der Waals surface area contributed by atoms with Gasteiger partial charge in [-0.05, 0) is 73.2 Å². The number of hydrogen-bond acceptors (Lipinski definition) is 3. The lowest BCUT2D eigenvalue weighted by atomic mass is 9.85. The lowest BCUT2D eigenvalue weighted by Gasteiger charge is -2.29. The summed E-state index contributed by atoms with van der Waals surface area (Å²) < 4.78 is 41.6. The highest BCUT2D eigenvalue weighted by Crippen LogP contribution is 2.27. The van der Waals surface area contributed by atoms with Gasteiger partial charge in [-0.3, -0.25) is 4.79 Å². The first-order chi connectivity index (χ1) is 15.3. The SMILES string of the molecule is C[C@@H](NC(=O)[C@H]1CC[C@H](NS(=O)(=O)c2ccc3ccccc3c2)CC1)c1ccc(F)cc1. The van der Waals surface area contributed by atoms with Gasteiger partial charge in [-0.25, -0.2) is 17.5 Å². The van der Waals surface area contributed by atoms with Gasteiger partial charge in [0.05, 0.1) is 10.9 Å². The monoisotopic (exact) mass is 454 g/mol. The first-order valence-corrected chi connectivity index (χ1v) is 12.4. The molecule has 1 fully saturated rings. The van der Waals surface area contributed by atoms with Gasteiger partial charge in [0.25, 0.3) is 0 Å². The topological polar surface area (TPSA) is 75.3 Å². The minimum Gasteiger partial charge on any atom is -0.349 e. The minimum absolute atomic E-state index is 0.0438. The van der Waals surface area contributed by atoms with Crippen LogP contribution in [0.2, 0.25) is 0 Å². The summed E-state index contributed by atoms with van der Waals surface area (Å²) in [6.45, 7) is 1.87. The third kappa shape index (κ3) is 5.16. The van der Waals surface area contributed by atoms with Crippen LogP contribution in [0, 0.1) is 11.7 Å². The van der Waals surface area contributed by atoms with Crippen LogP contribution in [-0.2, 0) is 14.8 Å². The number of carbonyl (C=O) groups is 1. The van der Waals surface area contributed by atoms with Gasteiger partial charge in [0.1, 0.15) is 5.82 Å². The number of fused-ring (bicyclic) bond motifs is 1. The fourth-order valence-electron chi connectivity index (χ4n) is 4.26. The third-order valence-electron chi connectivity index (χ3n) is 6.18. The lowest BCUT2D eigenvalue weighted by Crippen LogP contribution is -2.41. The van der Waals surface area contributed by atoms with Crippen molar-refractivity contribution in [3.05, 3.63) is 78.1 Å². The van der Waals surface area contributed by atoms with E-state index in [0.717, 1.165) is 16.3 Å². The molecule has 1 aliphatic carbocycles. The molecule has 5 nitrogen and oxygen atoms in total. The molecule has 7 heteroatoms. The maximum atomic E-state index is 13.1. The van der Waals surface area contributed by atoms with Crippen LogP contribution in [0.15, 0.2) is 71.6 Å². The highest BCUT2D eigenvalue weighted by Gasteiger charge is 2.29. The summed E-state index contributed by atoms with van der Waals surface area (Å²) in [6, 6.07) is 18.5. The van der Waals surface area contributed by atoms with Gasteiger partial charge in [-0.2, -0.15) is 0 Å². The summed E-state index contributed by atoms with van der Waals surface area (Å²) in [6.07, 6.45) is 2.45. The molecule has 1 saturated carbocycles. The van der Waals surface area contributed by atoms with Crippen LogP contribution in [0.4, 0.5) is 4.39 Å². The van der Waals surface area contributed by atoms with Gasteiger partial charge in [0.15, 0.2) is 0 Å². The van der Waals surface area contributed by atoms with E-state index in [2.05, 4.69) is 10.0 Å².